The van der Waals surface area contributed by atoms with Crippen molar-refractivity contribution in [3.8, 4) is 5.75 Å². The number of carboxylic acid groups (broad SMARTS) is 1. The van der Waals surface area contributed by atoms with Crippen LogP contribution >= 0.6 is 0 Å². The molecule has 1 fully saturated rings. The van der Waals surface area contributed by atoms with Crippen LogP contribution in [0, 0.1) is 0 Å². The van der Waals surface area contributed by atoms with Gasteiger partial charge in [-0.3, -0.25) is 4.79 Å². The first-order valence-electron chi connectivity index (χ1n) is 8.39. The first kappa shape index (κ1) is 17.8. The Bertz CT molecular complexity index is 799. The van der Waals surface area contributed by atoms with Gasteiger partial charge in [-0.25, -0.2) is 0 Å². The number of phenols is 1. The summed E-state index contributed by atoms with van der Waals surface area (Å²) >= 11 is 0. The molecule has 0 aromatic heterocycles. The van der Waals surface area contributed by atoms with Crippen LogP contribution < -0.4 is 0 Å². The maximum Gasteiger partial charge on any atom is 0.466 e. The molecule has 1 heterocycles. The Kier molecular flexibility index (Phi) is 4.29. The average molecular weight is 342 g/mol. The number of benzene rings is 2. The molecule has 1 aliphatic heterocycles. The summed E-state index contributed by atoms with van der Waals surface area (Å²) in [5.74, 6) is -1.12. The van der Waals surface area contributed by atoms with Crippen LogP contribution in [0.4, 0.5) is 0 Å². The van der Waals surface area contributed by atoms with Gasteiger partial charge in [0.25, 0.3) is 0 Å². The molecule has 0 aliphatic carbocycles. The van der Waals surface area contributed by atoms with Crippen molar-refractivity contribution >= 4 is 23.9 Å². The molecule has 0 bridgehead atoms. The highest BCUT2D eigenvalue weighted by atomic mass is 16.7. The molecule has 1 unspecified atom stereocenters. The zero-order valence-corrected chi connectivity index (χ0v) is 14.9. The third-order valence-electron chi connectivity index (χ3n) is 5.27. The molecule has 2 aromatic carbocycles. The minimum absolute atomic E-state index is 0.0829. The van der Waals surface area contributed by atoms with Gasteiger partial charge >= 0.3 is 13.1 Å². The van der Waals surface area contributed by atoms with Crippen molar-refractivity contribution in [2.75, 3.05) is 0 Å². The molecule has 2 N–H and O–H groups in total. The summed E-state index contributed by atoms with van der Waals surface area (Å²) in [5.41, 5.74) is -0.187. The normalized spacial score (nSPS) is 19.9. The zero-order chi connectivity index (χ0) is 18.4. The van der Waals surface area contributed by atoms with Gasteiger partial charge in [0.2, 0.25) is 0 Å². The number of aromatic hydroxyl groups is 1. The van der Waals surface area contributed by atoms with E-state index < -0.39 is 30.1 Å². The fraction of sp³-hybridized carbons (Fsp3) is 0.421. The number of rotatable bonds is 4. The fourth-order valence-corrected chi connectivity index (χ4v) is 3.09. The van der Waals surface area contributed by atoms with E-state index in [1.165, 1.54) is 0 Å². The molecule has 1 saturated heterocycles. The lowest BCUT2D eigenvalue weighted by Crippen LogP contribution is -2.41. The number of phenolic OH excluding ortho intramolecular Hbond substituents is 1. The van der Waals surface area contributed by atoms with Gasteiger partial charge in [0.1, 0.15) is 5.75 Å². The Labute approximate surface area is 147 Å². The van der Waals surface area contributed by atoms with Crippen molar-refractivity contribution in [2.45, 2.75) is 51.1 Å². The summed E-state index contributed by atoms with van der Waals surface area (Å²) in [4.78, 5) is 11.4. The summed E-state index contributed by atoms with van der Waals surface area (Å²) in [6.45, 7) is 7.81. The van der Waals surface area contributed by atoms with Crippen molar-refractivity contribution in [2.24, 2.45) is 0 Å². The quantitative estimate of drug-likeness (QED) is 0.828. The summed E-state index contributed by atoms with van der Waals surface area (Å²) in [6.07, 6.45) is -0.0829. The van der Waals surface area contributed by atoms with Crippen LogP contribution in [0.25, 0.3) is 10.8 Å². The van der Waals surface area contributed by atoms with Crippen molar-refractivity contribution in [1.82, 2.24) is 0 Å². The molecule has 5 nitrogen and oxygen atoms in total. The monoisotopic (exact) mass is 342 g/mol. The van der Waals surface area contributed by atoms with Crippen LogP contribution in [-0.4, -0.2) is 34.5 Å². The molecule has 0 spiro atoms. The van der Waals surface area contributed by atoms with Crippen LogP contribution in [-0.2, 0) is 14.1 Å². The van der Waals surface area contributed by atoms with Gasteiger partial charge in [0.05, 0.1) is 17.6 Å². The van der Waals surface area contributed by atoms with E-state index in [9.17, 15) is 15.0 Å². The number of aliphatic carboxylic acids is 1. The van der Waals surface area contributed by atoms with E-state index in [1.807, 2.05) is 52.0 Å². The van der Waals surface area contributed by atoms with Crippen molar-refractivity contribution in [1.29, 1.82) is 0 Å². The van der Waals surface area contributed by atoms with E-state index in [0.29, 0.717) is 0 Å². The predicted molar refractivity (Wildman–Crippen MR) is 96.7 cm³/mol. The Morgan fingerprint density at radius 3 is 2.20 bits per heavy atom. The minimum atomic E-state index is -0.898. The smallest absolute Gasteiger partial charge is 0.466 e. The Hall–Kier alpha value is -2.05. The standard InChI is InChI=1S/C19H23BO5/c1-18(2)19(3,4)25-20(24-18)16(11-17(22)23)14-6-5-13-10-15(21)8-7-12(13)9-14/h5-10,16,21H,11H2,1-4H3,(H,22,23). The molecule has 1 atom stereocenters. The molecule has 132 valence electrons. The molecule has 6 heteroatoms. The second-order valence-electron chi connectivity index (χ2n) is 7.62. The molecule has 1 aliphatic rings. The van der Waals surface area contributed by atoms with E-state index >= 15 is 0 Å². The molecule has 0 saturated carbocycles. The number of carboxylic acids is 1. The first-order valence-corrected chi connectivity index (χ1v) is 8.39. The van der Waals surface area contributed by atoms with E-state index in [-0.39, 0.29) is 12.2 Å². The topological polar surface area (TPSA) is 76.0 Å². The lowest BCUT2D eigenvalue weighted by Gasteiger charge is -2.32. The van der Waals surface area contributed by atoms with Crippen LogP contribution in [0.3, 0.4) is 0 Å². The van der Waals surface area contributed by atoms with Gasteiger partial charge in [0, 0.05) is 5.82 Å². The molecule has 2 aromatic rings. The van der Waals surface area contributed by atoms with Crippen LogP contribution in [0.2, 0.25) is 0 Å². The third-order valence-corrected chi connectivity index (χ3v) is 5.27. The fourth-order valence-electron chi connectivity index (χ4n) is 3.09. The van der Waals surface area contributed by atoms with E-state index in [0.717, 1.165) is 16.3 Å². The summed E-state index contributed by atoms with van der Waals surface area (Å²) in [5, 5.41) is 20.8. The van der Waals surface area contributed by atoms with Gasteiger partial charge in [-0.05, 0) is 56.2 Å². The summed E-state index contributed by atoms with van der Waals surface area (Å²) in [7, 11) is -0.629. The third kappa shape index (κ3) is 3.37. The lowest BCUT2D eigenvalue weighted by molar-refractivity contribution is -0.137. The Balaban J connectivity index is 1.99. The molecule has 0 amide bonds. The summed E-state index contributed by atoms with van der Waals surface area (Å²) < 4.78 is 12.2. The Morgan fingerprint density at radius 1 is 1.04 bits per heavy atom. The highest BCUT2D eigenvalue weighted by Gasteiger charge is 2.54. The van der Waals surface area contributed by atoms with Gasteiger partial charge in [-0.1, -0.05) is 24.3 Å². The highest BCUT2D eigenvalue weighted by Crippen LogP contribution is 2.42. The Morgan fingerprint density at radius 2 is 1.60 bits per heavy atom. The molecular weight excluding hydrogens is 319 g/mol. The molecular formula is C19H23BO5. The van der Waals surface area contributed by atoms with Gasteiger partial charge < -0.3 is 19.5 Å². The largest absolute Gasteiger partial charge is 0.508 e. The van der Waals surface area contributed by atoms with Gasteiger partial charge in [-0.15, -0.1) is 0 Å². The molecule has 25 heavy (non-hydrogen) atoms. The summed E-state index contributed by atoms with van der Waals surface area (Å²) in [6, 6.07) is 10.8. The average Bonchev–Trinajstić information content (AvgIpc) is 2.72. The predicted octanol–water partition coefficient (Wildman–Crippen LogP) is 3.74. The van der Waals surface area contributed by atoms with Gasteiger partial charge in [-0.2, -0.15) is 0 Å². The highest BCUT2D eigenvalue weighted by molar-refractivity contribution is 6.48. The van der Waals surface area contributed by atoms with Crippen LogP contribution in [0.5, 0.6) is 5.75 Å². The minimum Gasteiger partial charge on any atom is -0.508 e. The SMILES string of the molecule is CC1(C)OB(C(CC(=O)O)c2ccc3cc(O)ccc3c2)OC1(C)C. The lowest BCUT2D eigenvalue weighted by atomic mass is 9.66. The van der Waals surface area contributed by atoms with E-state index in [2.05, 4.69) is 0 Å². The molecule has 0 radical (unpaired) electrons. The number of hydrogen-bond acceptors (Lipinski definition) is 4. The van der Waals surface area contributed by atoms with Gasteiger partial charge in [0.15, 0.2) is 0 Å². The van der Waals surface area contributed by atoms with Crippen LogP contribution in [0.1, 0.15) is 45.5 Å². The number of carbonyl (C=O) groups is 1. The maximum atomic E-state index is 11.4. The second kappa shape index (κ2) is 6.04. The van der Waals surface area contributed by atoms with E-state index in [1.54, 1.807) is 12.1 Å². The van der Waals surface area contributed by atoms with Crippen molar-refractivity contribution in [3.05, 3.63) is 42.0 Å². The zero-order valence-electron chi connectivity index (χ0n) is 14.9. The first-order chi connectivity index (χ1) is 11.6. The maximum absolute atomic E-state index is 11.4. The van der Waals surface area contributed by atoms with E-state index in [4.69, 9.17) is 9.31 Å². The van der Waals surface area contributed by atoms with Crippen molar-refractivity contribution < 1.29 is 24.3 Å². The number of hydrogen-bond donors (Lipinski definition) is 2. The molecule has 3 rings (SSSR count). The van der Waals surface area contributed by atoms with Crippen LogP contribution in [0.15, 0.2) is 36.4 Å². The number of fused-ring (bicyclic) bond motifs is 1. The van der Waals surface area contributed by atoms with Crippen molar-refractivity contribution in [3.63, 3.8) is 0 Å². The second-order valence-corrected chi connectivity index (χ2v) is 7.62.